The average Bonchev–Trinajstić information content (AvgIpc) is 2.50. The van der Waals surface area contributed by atoms with Gasteiger partial charge < -0.3 is 14.8 Å². The molecule has 2 aromatic rings. The normalized spacial score (nSPS) is 10.4. The number of anilines is 1. The maximum atomic E-state index is 6.28. The molecular formula is C16H16Cl3NO2. The third kappa shape index (κ3) is 4.13. The van der Waals surface area contributed by atoms with Crippen LogP contribution in [0.15, 0.2) is 30.3 Å². The van der Waals surface area contributed by atoms with Crippen LogP contribution in [0.1, 0.15) is 12.5 Å². The lowest BCUT2D eigenvalue weighted by atomic mass is 10.2. The van der Waals surface area contributed by atoms with Crippen molar-refractivity contribution in [3.05, 3.63) is 51.0 Å². The summed E-state index contributed by atoms with van der Waals surface area (Å²) in [5.41, 5.74) is 1.63. The predicted octanol–water partition coefficient (Wildman–Crippen LogP) is 5.67. The van der Waals surface area contributed by atoms with Gasteiger partial charge in [0.1, 0.15) is 0 Å². The Labute approximate surface area is 145 Å². The van der Waals surface area contributed by atoms with Crippen LogP contribution in [0.4, 0.5) is 5.69 Å². The molecule has 1 N–H and O–H groups in total. The molecule has 118 valence electrons. The van der Waals surface area contributed by atoms with Gasteiger partial charge in [0.05, 0.1) is 24.4 Å². The van der Waals surface area contributed by atoms with Crippen molar-refractivity contribution in [1.82, 2.24) is 0 Å². The Morgan fingerprint density at radius 2 is 1.77 bits per heavy atom. The molecular weight excluding hydrogens is 345 g/mol. The number of halogens is 3. The lowest BCUT2D eigenvalue weighted by molar-refractivity contribution is 0.310. The first kappa shape index (κ1) is 17.1. The Bertz CT molecular complexity index is 662. The molecule has 0 heterocycles. The van der Waals surface area contributed by atoms with Gasteiger partial charge in [-0.25, -0.2) is 0 Å². The summed E-state index contributed by atoms with van der Waals surface area (Å²) in [6.07, 6.45) is 0. The molecule has 0 fully saturated rings. The predicted molar refractivity (Wildman–Crippen MR) is 93.0 cm³/mol. The fourth-order valence-corrected chi connectivity index (χ4v) is 2.54. The maximum absolute atomic E-state index is 6.28. The van der Waals surface area contributed by atoms with E-state index in [2.05, 4.69) is 5.32 Å². The van der Waals surface area contributed by atoms with E-state index in [1.165, 1.54) is 0 Å². The van der Waals surface area contributed by atoms with Crippen LogP contribution in [0.5, 0.6) is 11.5 Å². The SMILES string of the molecule is CCOc1cc(CNc2cc(Cl)ccc2Cl)c(Cl)cc1OC. The van der Waals surface area contributed by atoms with Gasteiger partial charge in [0.2, 0.25) is 0 Å². The van der Waals surface area contributed by atoms with Crippen LogP contribution in [0.2, 0.25) is 15.1 Å². The van der Waals surface area contributed by atoms with E-state index in [9.17, 15) is 0 Å². The van der Waals surface area contributed by atoms with Crippen molar-refractivity contribution in [2.24, 2.45) is 0 Å². The zero-order valence-electron chi connectivity index (χ0n) is 12.3. The molecule has 0 aliphatic carbocycles. The average molecular weight is 361 g/mol. The molecule has 0 aliphatic heterocycles. The topological polar surface area (TPSA) is 30.5 Å². The number of rotatable bonds is 6. The fourth-order valence-electron chi connectivity index (χ4n) is 1.96. The Hall–Kier alpha value is -1.29. The van der Waals surface area contributed by atoms with Gasteiger partial charge in [0.25, 0.3) is 0 Å². The zero-order valence-corrected chi connectivity index (χ0v) is 14.5. The minimum absolute atomic E-state index is 0.489. The molecule has 0 saturated carbocycles. The molecule has 0 aromatic heterocycles. The third-order valence-corrected chi connectivity index (χ3v) is 3.95. The third-order valence-electron chi connectivity index (χ3n) is 3.03. The van der Waals surface area contributed by atoms with Crippen LogP contribution in [0.25, 0.3) is 0 Å². The highest BCUT2D eigenvalue weighted by Crippen LogP contribution is 2.34. The van der Waals surface area contributed by atoms with Crippen molar-refractivity contribution in [2.75, 3.05) is 19.0 Å². The highest BCUT2D eigenvalue weighted by atomic mass is 35.5. The molecule has 0 radical (unpaired) electrons. The molecule has 0 aliphatic rings. The van der Waals surface area contributed by atoms with Gasteiger partial charge in [0.15, 0.2) is 11.5 Å². The van der Waals surface area contributed by atoms with E-state index in [-0.39, 0.29) is 0 Å². The summed E-state index contributed by atoms with van der Waals surface area (Å²) in [7, 11) is 1.58. The van der Waals surface area contributed by atoms with Crippen LogP contribution < -0.4 is 14.8 Å². The molecule has 0 atom stereocenters. The van der Waals surface area contributed by atoms with E-state index in [1.54, 1.807) is 31.4 Å². The van der Waals surface area contributed by atoms with Gasteiger partial charge >= 0.3 is 0 Å². The van der Waals surface area contributed by atoms with E-state index in [0.29, 0.717) is 39.7 Å². The summed E-state index contributed by atoms with van der Waals surface area (Å²) >= 11 is 18.4. The Balaban J connectivity index is 2.22. The minimum Gasteiger partial charge on any atom is -0.493 e. The first-order chi connectivity index (χ1) is 10.5. The smallest absolute Gasteiger partial charge is 0.162 e. The van der Waals surface area contributed by atoms with E-state index in [1.807, 2.05) is 13.0 Å². The standard InChI is InChI=1S/C16H16Cl3NO2/c1-3-22-16-6-10(13(19)8-15(16)21-2)9-20-14-7-11(17)4-5-12(14)18/h4-8,20H,3,9H2,1-2H3. The quantitative estimate of drug-likeness (QED) is 0.720. The Morgan fingerprint density at radius 1 is 1.00 bits per heavy atom. The number of hydrogen-bond donors (Lipinski definition) is 1. The zero-order chi connectivity index (χ0) is 16.1. The second-order valence-corrected chi connectivity index (χ2v) is 5.76. The summed E-state index contributed by atoms with van der Waals surface area (Å²) in [4.78, 5) is 0. The van der Waals surface area contributed by atoms with Crippen molar-refractivity contribution in [2.45, 2.75) is 13.5 Å². The number of methoxy groups -OCH3 is 1. The van der Waals surface area contributed by atoms with Crippen molar-refractivity contribution < 1.29 is 9.47 Å². The summed E-state index contributed by atoms with van der Waals surface area (Å²) in [5.74, 6) is 1.26. The van der Waals surface area contributed by atoms with E-state index in [4.69, 9.17) is 44.3 Å². The molecule has 0 saturated heterocycles. The first-order valence-electron chi connectivity index (χ1n) is 6.73. The van der Waals surface area contributed by atoms with Crippen LogP contribution >= 0.6 is 34.8 Å². The first-order valence-corrected chi connectivity index (χ1v) is 7.86. The summed E-state index contributed by atoms with van der Waals surface area (Å²) in [6.45, 7) is 2.95. The number of ether oxygens (including phenoxy) is 2. The lowest BCUT2D eigenvalue weighted by Gasteiger charge is -2.14. The lowest BCUT2D eigenvalue weighted by Crippen LogP contribution is -2.03. The van der Waals surface area contributed by atoms with Gasteiger partial charge in [-0.05, 0) is 36.8 Å². The van der Waals surface area contributed by atoms with E-state index in [0.717, 1.165) is 11.3 Å². The van der Waals surface area contributed by atoms with Gasteiger partial charge in [-0.1, -0.05) is 34.8 Å². The molecule has 0 bridgehead atoms. The molecule has 0 spiro atoms. The molecule has 3 nitrogen and oxygen atoms in total. The van der Waals surface area contributed by atoms with E-state index < -0.39 is 0 Å². The summed E-state index contributed by atoms with van der Waals surface area (Å²) < 4.78 is 10.8. The Morgan fingerprint density at radius 3 is 2.45 bits per heavy atom. The molecule has 0 unspecified atom stereocenters. The van der Waals surface area contributed by atoms with Crippen molar-refractivity contribution >= 4 is 40.5 Å². The summed E-state index contributed by atoms with van der Waals surface area (Å²) in [6, 6.07) is 8.85. The molecule has 6 heteroatoms. The number of hydrogen-bond acceptors (Lipinski definition) is 3. The van der Waals surface area contributed by atoms with Crippen LogP contribution in [0.3, 0.4) is 0 Å². The van der Waals surface area contributed by atoms with Crippen molar-refractivity contribution in [3.63, 3.8) is 0 Å². The van der Waals surface area contributed by atoms with Crippen molar-refractivity contribution in [3.8, 4) is 11.5 Å². The Kier molecular flexibility index (Phi) is 6.07. The monoisotopic (exact) mass is 359 g/mol. The molecule has 0 amide bonds. The summed E-state index contributed by atoms with van der Waals surface area (Å²) in [5, 5.41) is 5.02. The van der Waals surface area contributed by atoms with E-state index >= 15 is 0 Å². The fraction of sp³-hybridized carbons (Fsp3) is 0.250. The second-order valence-electron chi connectivity index (χ2n) is 4.51. The van der Waals surface area contributed by atoms with Gasteiger partial charge in [-0.2, -0.15) is 0 Å². The maximum Gasteiger partial charge on any atom is 0.162 e. The molecule has 22 heavy (non-hydrogen) atoms. The van der Waals surface area contributed by atoms with Crippen LogP contribution in [-0.2, 0) is 6.54 Å². The van der Waals surface area contributed by atoms with Crippen LogP contribution in [0, 0.1) is 0 Å². The highest BCUT2D eigenvalue weighted by Gasteiger charge is 2.11. The van der Waals surface area contributed by atoms with Gasteiger partial charge in [0, 0.05) is 22.7 Å². The molecule has 2 aromatic carbocycles. The highest BCUT2D eigenvalue weighted by molar-refractivity contribution is 6.35. The van der Waals surface area contributed by atoms with Crippen molar-refractivity contribution in [1.29, 1.82) is 0 Å². The number of benzene rings is 2. The van der Waals surface area contributed by atoms with Crippen LogP contribution in [-0.4, -0.2) is 13.7 Å². The second kappa shape index (κ2) is 7.82. The van der Waals surface area contributed by atoms with Gasteiger partial charge in [-0.3, -0.25) is 0 Å². The number of nitrogens with one attached hydrogen (secondary N) is 1. The largest absolute Gasteiger partial charge is 0.493 e. The molecule has 2 rings (SSSR count). The minimum atomic E-state index is 0.489. The van der Waals surface area contributed by atoms with Gasteiger partial charge in [-0.15, -0.1) is 0 Å².